The Labute approximate surface area is 84.1 Å². The van der Waals surface area contributed by atoms with Crippen LogP contribution in [0.4, 0.5) is 5.69 Å². The maximum atomic E-state index is 10.6. The summed E-state index contributed by atoms with van der Waals surface area (Å²) in [7, 11) is 0. The Kier molecular flexibility index (Phi) is 2.00. The second-order valence-corrected chi connectivity index (χ2v) is 2.99. The van der Waals surface area contributed by atoms with Gasteiger partial charge in [-0.1, -0.05) is 5.21 Å². The normalized spacial score (nSPS) is 10.7. The van der Waals surface area contributed by atoms with E-state index in [1.165, 1.54) is 10.7 Å². The van der Waals surface area contributed by atoms with Crippen molar-refractivity contribution in [1.82, 2.24) is 15.0 Å². The molecule has 7 heteroatoms. The molecule has 0 aliphatic heterocycles. The second kappa shape index (κ2) is 3.19. The van der Waals surface area contributed by atoms with Crippen molar-refractivity contribution in [2.45, 2.75) is 13.5 Å². The van der Waals surface area contributed by atoms with E-state index in [-0.39, 0.29) is 17.0 Å². The number of phenols is 1. The number of nitro benzene ring substituents is 1. The first-order chi connectivity index (χ1) is 7.13. The topological polar surface area (TPSA) is 94.1 Å². The van der Waals surface area contributed by atoms with Gasteiger partial charge in [-0.3, -0.25) is 10.1 Å². The SMILES string of the molecule is CCn1nnc2c(O)cc([N+](=O)[O-])cc21. The molecule has 0 aliphatic rings. The zero-order valence-corrected chi connectivity index (χ0v) is 7.91. The minimum atomic E-state index is -0.563. The van der Waals surface area contributed by atoms with Gasteiger partial charge in [-0.2, -0.15) is 0 Å². The number of aromatic nitrogens is 3. The summed E-state index contributed by atoms with van der Waals surface area (Å²) in [5, 5.41) is 27.5. The molecule has 1 N–H and O–H groups in total. The summed E-state index contributed by atoms with van der Waals surface area (Å²) >= 11 is 0. The molecule has 0 saturated heterocycles. The molecule has 0 spiro atoms. The predicted molar refractivity (Wildman–Crippen MR) is 51.5 cm³/mol. The van der Waals surface area contributed by atoms with Crippen LogP contribution < -0.4 is 0 Å². The van der Waals surface area contributed by atoms with E-state index in [0.29, 0.717) is 12.1 Å². The lowest BCUT2D eigenvalue weighted by Gasteiger charge is -1.97. The van der Waals surface area contributed by atoms with Gasteiger partial charge in [0.15, 0.2) is 11.3 Å². The summed E-state index contributed by atoms with van der Waals surface area (Å²) in [6, 6.07) is 2.41. The Bertz CT molecular complexity index is 534. The highest BCUT2D eigenvalue weighted by Crippen LogP contribution is 2.28. The van der Waals surface area contributed by atoms with Crippen LogP contribution >= 0.6 is 0 Å². The first-order valence-corrected chi connectivity index (χ1v) is 4.34. The highest BCUT2D eigenvalue weighted by Gasteiger charge is 2.15. The number of rotatable bonds is 2. The molecule has 0 amide bonds. The maximum Gasteiger partial charge on any atom is 0.275 e. The van der Waals surface area contributed by atoms with Crippen LogP contribution in [0.25, 0.3) is 11.0 Å². The Morgan fingerprint density at radius 1 is 1.60 bits per heavy atom. The van der Waals surface area contributed by atoms with Crippen LogP contribution in [0, 0.1) is 10.1 Å². The summed E-state index contributed by atoms with van der Waals surface area (Å²) in [6.07, 6.45) is 0. The molecule has 0 aliphatic carbocycles. The number of hydrogen-bond acceptors (Lipinski definition) is 5. The number of non-ortho nitro benzene ring substituents is 1. The Morgan fingerprint density at radius 2 is 2.33 bits per heavy atom. The molecule has 0 fully saturated rings. The van der Waals surface area contributed by atoms with Crippen molar-refractivity contribution in [1.29, 1.82) is 0 Å². The summed E-state index contributed by atoms with van der Waals surface area (Å²) in [6.45, 7) is 2.38. The lowest BCUT2D eigenvalue weighted by atomic mass is 10.2. The summed E-state index contributed by atoms with van der Waals surface area (Å²) in [5.41, 5.74) is 0.573. The van der Waals surface area contributed by atoms with E-state index in [4.69, 9.17) is 0 Å². The minimum absolute atomic E-state index is 0.169. The quantitative estimate of drug-likeness (QED) is 0.588. The van der Waals surface area contributed by atoms with Gasteiger partial charge in [0.1, 0.15) is 0 Å². The number of aromatic hydroxyl groups is 1. The van der Waals surface area contributed by atoms with Gasteiger partial charge in [-0.25, -0.2) is 4.68 Å². The molecule has 0 radical (unpaired) electrons. The van der Waals surface area contributed by atoms with Crippen molar-refractivity contribution in [2.24, 2.45) is 0 Å². The van der Waals surface area contributed by atoms with Gasteiger partial charge in [0, 0.05) is 12.6 Å². The van der Waals surface area contributed by atoms with Crippen molar-refractivity contribution in [3.63, 3.8) is 0 Å². The van der Waals surface area contributed by atoms with E-state index in [9.17, 15) is 15.2 Å². The van der Waals surface area contributed by atoms with Crippen molar-refractivity contribution < 1.29 is 10.0 Å². The molecule has 1 heterocycles. The van der Waals surface area contributed by atoms with Gasteiger partial charge in [-0.15, -0.1) is 5.10 Å². The standard InChI is InChI=1S/C8H8N4O3/c1-2-11-6-3-5(12(14)15)4-7(13)8(6)9-10-11/h3-4,13H,2H2,1H3. The third-order valence-electron chi connectivity index (χ3n) is 2.10. The van der Waals surface area contributed by atoms with E-state index in [0.717, 1.165) is 6.07 Å². The Morgan fingerprint density at radius 3 is 2.93 bits per heavy atom. The molecule has 2 rings (SSSR count). The van der Waals surface area contributed by atoms with Crippen molar-refractivity contribution in [3.8, 4) is 5.75 Å². The average molecular weight is 208 g/mol. The monoisotopic (exact) mass is 208 g/mol. The van der Waals surface area contributed by atoms with Crippen molar-refractivity contribution >= 4 is 16.7 Å². The van der Waals surface area contributed by atoms with E-state index in [1.54, 1.807) is 0 Å². The lowest BCUT2D eigenvalue weighted by molar-refractivity contribution is -0.384. The zero-order chi connectivity index (χ0) is 11.0. The Hall–Kier alpha value is -2.18. The van der Waals surface area contributed by atoms with E-state index >= 15 is 0 Å². The molecule has 2 aromatic rings. The van der Waals surface area contributed by atoms with E-state index in [2.05, 4.69) is 10.3 Å². The zero-order valence-electron chi connectivity index (χ0n) is 7.91. The fourth-order valence-corrected chi connectivity index (χ4v) is 1.37. The van der Waals surface area contributed by atoms with Crippen molar-refractivity contribution in [3.05, 3.63) is 22.2 Å². The van der Waals surface area contributed by atoms with E-state index in [1.807, 2.05) is 6.92 Å². The average Bonchev–Trinajstić information content (AvgIpc) is 2.60. The molecule has 15 heavy (non-hydrogen) atoms. The maximum absolute atomic E-state index is 10.6. The molecular weight excluding hydrogens is 200 g/mol. The van der Waals surface area contributed by atoms with Gasteiger partial charge in [0.05, 0.1) is 16.5 Å². The minimum Gasteiger partial charge on any atom is -0.505 e. The van der Waals surface area contributed by atoms with Crippen LogP contribution in [0.1, 0.15) is 6.92 Å². The van der Waals surface area contributed by atoms with Gasteiger partial charge in [0.2, 0.25) is 0 Å². The smallest absolute Gasteiger partial charge is 0.275 e. The largest absolute Gasteiger partial charge is 0.505 e. The first kappa shape index (κ1) is 9.38. The third-order valence-corrected chi connectivity index (χ3v) is 2.10. The van der Waals surface area contributed by atoms with Crippen LogP contribution in [0.15, 0.2) is 12.1 Å². The molecule has 7 nitrogen and oxygen atoms in total. The summed E-state index contributed by atoms with van der Waals surface area (Å²) < 4.78 is 1.49. The summed E-state index contributed by atoms with van der Waals surface area (Å²) in [5.74, 6) is -0.223. The van der Waals surface area contributed by atoms with Crippen molar-refractivity contribution in [2.75, 3.05) is 0 Å². The fraction of sp³-hybridized carbons (Fsp3) is 0.250. The third kappa shape index (κ3) is 1.37. The number of nitrogens with zero attached hydrogens (tertiary/aromatic N) is 4. The number of phenolic OH excluding ortho intramolecular Hbond substituents is 1. The van der Waals surface area contributed by atoms with Crippen LogP contribution in [0.3, 0.4) is 0 Å². The Balaban J connectivity index is 2.77. The second-order valence-electron chi connectivity index (χ2n) is 2.99. The van der Waals surface area contributed by atoms with Gasteiger partial charge < -0.3 is 5.11 Å². The molecule has 0 unspecified atom stereocenters. The lowest BCUT2D eigenvalue weighted by Crippen LogP contribution is -1.96. The molecule has 0 atom stereocenters. The molecule has 1 aromatic carbocycles. The number of nitro groups is 1. The highest BCUT2D eigenvalue weighted by atomic mass is 16.6. The molecule has 0 bridgehead atoms. The number of aryl methyl sites for hydroxylation is 1. The molecule has 78 valence electrons. The van der Waals surface area contributed by atoms with Crippen LogP contribution in [-0.4, -0.2) is 25.0 Å². The number of fused-ring (bicyclic) bond motifs is 1. The van der Waals surface area contributed by atoms with Gasteiger partial charge in [-0.05, 0) is 6.92 Å². The van der Waals surface area contributed by atoms with Crippen LogP contribution in [0.5, 0.6) is 5.75 Å². The molecular formula is C8H8N4O3. The van der Waals surface area contributed by atoms with Crippen LogP contribution in [-0.2, 0) is 6.54 Å². The van der Waals surface area contributed by atoms with Gasteiger partial charge in [0.25, 0.3) is 5.69 Å². The van der Waals surface area contributed by atoms with Crippen LogP contribution in [0.2, 0.25) is 0 Å². The number of hydrogen-bond donors (Lipinski definition) is 1. The van der Waals surface area contributed by atoms with E-state index < -0.39 is 4.92 Å². The molecule has 0 saturated carbocycles. The molecule has 1 aromatic heterocycles. The summed E-state index contributed by atoms with van der Waals surface area (Å²) in [4.78, 5) is 10.00. The first-order valence-electron chi connectivity index (χ1n) is 4.34. The fourth-order valence-electron chi connectivity index (χ4n) is 1.37. The highest BCUT2D eigenvalue weighted by molar-refractivity contribution is 5.83. The predicted octanol–water partition coefficient (Wildman–Crippen LogP) is 1.06. The van der Waals surface area contributed by atoms with Gasteiger partial charge >= 0.3 is 0 Å². The number of benzene rings is 1.